The maximum Gasteiger partial charge on any atom is 0.257 e. The largest absolute Gasteiger partial charge is 0.469 e. The first kappa shape index (κ1) is 17.7. The van der Waals surface area contributed by atoms with Crippen LogP contribution in [0, 0.1) is 6.92 Å². The lowest BCUT2D eigenvalue weighted by molar-refractivity contribution is 0.509. The van der Waals surface area contributed by atoms with Crippen molar-refractivity contribution in [3.8, 4) is 22.2 Å². The first-order chi connectivity index (χ1) is 13.2. The van der Waals surface area contributed by atoms with Gasteiger partial charge >= 0.3 is 0 Å². The molecule has 4 heterocycles. The van der Waals surface area contributed by atoms with E-state index < -0.39 is 0 Å². The van der Waals surface area contributed by atoms with Crippen LogP contribution in [0.1, 0.15) is 23.8 Å². The second kappa shape index (κ2) is 7.53. The number of allylic oxidation sites excluding steroid dienone is 1. The van der Waals surface area contributed by atoms with Crippen molar-refractivity contribution in [3.05, 3.63) is 54.1 Å². The fourth-order valence-electron chi connectivity index (χ4n) is 2.59. The van der Waals surface area contributed by atoms with Crippen molar-refractivity contribution in [2.45, 2.75) is 30.8 Å². The molecule has 0 fully saturated rings. The Morgan fingerprint density at radius 2 is 2.19 bits per heavy atom. The normalized spacial score (nSPS) is 12.4. The molecular formula is C18H17N5O2S2. The minimum Gasteiger partial charge on any atom is -0.469 e. The Labute approximate surface area is 164 Å². The van der Waals surface area contributed by atoms with E-state index in [0.29, 0.717) is 18.3 Å². The van der Waals surface area contributed by atoms with Gasteiger partial charge in [0.15, 0.2) is 11.0 Å². The van der Waals surface area contributed by atoms with Crippen LogP contribution in [0.25, 0.3) is 22.2 Å². The Kier molecular flexibility index (Phi) is 4.95. The summed E-state index contributed by atoms with van der Waals surface area (Å²) in [6.07, 6.45) is 3.47. The lowest BCUT2D eigenvalue weighted by atomic mass is 10.2. The number of hydrogen-bond acceptors (Lipinski definition) is 8. The monoisotopic (exact) mass is 399 g/mol. The summed E-state index contributed by atoms with van der Waals surface area (Å²) in [6.45, 7) is 8.34. The zero-order valence-corrected chi connectivity index (χ0v) is 16.5. The molecule has 0 aliphatic carbocycles. The van der Waals surface area contributed by atoms with Crippen LogP contribution in [-0.2, 0) is 6.54 Å². The van der Waals surface area contributed by atoms with Crippen LogP contribution in [-0.4, -0.2) is 25.0 Å². The summed E-state index contributed by atoms with van der Waals surface area (Å²) >= 11 is 3.08. The van der Waals surface area contributed by atoms with Gasteiger partial charge in [-0.3, -0.25) is 4.57 Å². The molecule has 7 nitrogen and oxygen atoms in total. The van der Waals surface area contributed by atoms with Crippen LogP contribution in [0.4, 0.5) is 0 Å². The van der Waals surface area contributed by atoms with Gasteiger partial charge in [-0.1, -0.05) is 23.9 Å². The minimum absolute atomic E-state index is 0.0720. The lowest BCUT2D eigenvalue weighted by Gasteiger charge is -2.09. The fraction of sp³-hybridized carbons (Fsp3) is 0.222. The van der Waals surface area contributed by atoms with Gasteiger partial charge in [0.25, 0.3) is 5.89 Å². The number of aryl methyl sites for hydroxylation is 1. The van der Waals surface area contributed by atoms with Crippen molar-refractivity contribution in [3.63, 3.8) is 0 Å². The van der Waals surface area contributed by atoms with Gasteiger partial charge in [-0.05, 0) is 31.4 Å². The summed E-state index contributed by atoms with van der Waals surface area (Å²) < 4.78 is 13.2. The molecule has 4 aromatic rings. The maximum absolute atomic E-state index is 5.83. The molecule has 27 heavy (non-hydrogen) atoms. The molecule has 138 valence electrons. The number of furan rings is 1. The molecule has 0 saturated heterocycles. The molecule has 0 aliphatic heterocycles. The molecule has 0 aromatic carbocycles. The van der Waals surface area contributed by atoms with E-state index >= 15 is 0 Å². The predicted octanol–water partition coefficient (Wildman–Crippen LogP) is 5.00. The highest BCUT2D eigenvalue weighted by Gasteiger charge is 2.22. The van der Waals surface area contributed by atoms with Crippen molar-refractivity contribution in [1.29, 1.82) is 0 Å². The zero-order chi connectivity index (χ0) is 18.8. The highest BCUT2D eigenvalue weighted by atomic mass is 32.2. The fourth-order valence-corrected chi connectivity index (χ4v) is 4.13. The molecule has 0 unspecified atom stereocenters. The second-order valence-corrected chi connectivity index (χ2v) is 8.03. The Bertz CT molecular complexity index is 1050. The third-order valence-corrected chi connectivity index (χ3v) is 5.86. The van der Waals surface area contributed by atoms with Gasteiger partial charge in [0.1, 0.15) is 5.76 Å². The van der Waals surface area contributed by atoms with Crippen molar-refractivity contribution in [2.75, 3.05) is 0 Å². The van der Waals surface area contributed by atoms with Gasteiger partial charge in [0.2, 0.25) is 5.89 Å². The summed E-state index contributed by atoms with van der Waals surface area (Å²) in [5.74, 6) is 2.64. The summed E-state index contributed by atoms with van der Waals surface area (Å²) in [5.41, 5.74) is 0.918. The number of hydrogen-bond donors (Lipinski definition) is 0. The molecular weight excluding hydrogens is 382 g/mol. The Morgan fingerprint density at radius 1 is 1.30 bits per heavy atom. The molecule has 0 N–H and O–H groups in total. The summed E-state index contributed by atoms with van der Waals surface area (Å²) in [6, 6.07) is 5.81. The Morgan fingerprint density at radius 3 is 2.89 bits per heavy atom. The highest BCUT2D eigenvalue weighted by Crippen LogP contribution is 2.36. The Hall–Kier alpha value is -2.65. The van der Waals surface area contributed by atoms with Gasteiger partial charge in [0, 0.05) is 6.54 Å². The van der Waals surface area contributed by atoms with Crippen LogP contribution >= 0.6 is 23.1 Å². The van der Waals surface area contributed by atoms with E-state index in [1.165, 1.54) is 11.8 Å². The molecule has 0 spiro atoms. The maximum atomic E-state index is 5.83. The van der Waals surface area contributed by atoms with Gasteiger partial charge < -0.3 is 8.83 Å². The minimum atomic E-state index is -0.0720. The quantitative estimate of drug-likeness (QED) is 0.319. The molecule has 1 atom stereocenters. The molecule has 0 bridgehead atoms. The molecule has 0 amide bonds. The van der Waals surface area contributed by atoms with Gasteiger partial charge in [-0.25, -0.2) is 0 Å². The number of nitrogens with zero attached hydrogens (tertiary/aromatic N) is 5. The SMILES string of the molecule is C=CCn1c(S[C@H](C)c2nnc(-c3cccs3)o2)nnc1-c1ccoc1C. The van der Waals surface area contributed by atoms with Crippen LogP contribution in [0.15, 0.2) is 56.5 Å². The number of thioether (sulfide) groups is 1. The van der Waals surface area contributed by atoms with Crippen LogP contribution in [0.3, 0.4) is 0 Å². The van der Waals surface area contributed by atoms with Crippen molar-refractivity contribution < 1.29 is 8.83 Å². The van der Waals surface area contributed by atoms with Gasteiger partial charge in [-0.15, -0.1) is 38.3 Å². The molecule has 4 aromatic heterocycles. The third-order valence-electron chi connectivity index (χ3n) is 3.93. The first-order valence-electron chi connectivity index (χ1n) is 8.30. The Balaban J connectivity index is 1.60. The zero-order valence-electron chi connectivity index (χ0n) is 14.8. The average Bonchev–Trinajstić information content (AvgIpc) is 3.42. The number of thiophene rings is 1. The van der Waals surface area contributed by atoms with Crippen molar-refractivity contribution >= 4 is 23.1 Å². The van der Waals surface area contributed by atoms with E-state index in [4.69, 9.17) is 8.83 Å². The molecule has 0 radical (unpaired) electrons. The smallest absolute Gasteiger partial charge is 0.257 e. The van der Waals surface area contributed by atoms with Crippen LogP contribution in [0.5, 0.6) is 0 Å². The highest BCUT2D eigenvalue weighted by molar-refractivity contribution is 7.99. The van der Waals surface area contributed by atoms with Crippen LogP contribution in [0.2, 0.25) is 0 Å². The molecule has 9 heteroatoms. The average molecular weight is 400 g/mol. The molecule has 0 aliphatic rings. The predicted molar refractivity (Wildman–Crippen MR) is 105 cm³/mol. The van der Waals surface area contributed by atoms with Crippen molar-refractivity contribution in [1.82, 2.24) is 25.0 Å². The van der Waals surface area contributed by atoms with E-state index in [9.17, 15) is 0 Å². The van der Waals surface area contributed by atoms with E-state index in [0.717, 1.165) is 27.2 Å². The molecule has 4 rings (SSSR count). The van der Waals surface area contributed by atoms with E-state index in [1.807, 2.05) is 48.1 Å². The van der Waals surface area contributed by atoms with Crippen LogP contribution < -0.4 is 0 Å². The lowest BCUT2D eigenvalue weighted by Crippen LogP contribution is -2.02. The molecule has 0 saturated carbocycles. The van der Waals surface area contributed by atoms with E-state index in [2.05, 4.69) is 27.0 Å². The second-order valence-electron chi connectivity index (χ2n) is 5.78. The summed E-state index contributed by atoms with van der Waals surface area (Å²) in [7, 11) is 0. The number of aromatic nitrogens is 5. The summed E-state index contributed by atoms with van der Waals surface area (Å²) in [5, 5.41) is 19.7. The van der Waals surface area contributed by atoms with Gasteiger partial charge in [0.05, 0.1) is 22.0 Å². The standard InChI is InChI=1S/C18H17N5O2S2/c1-4-8-23-15(13-7-9-24-11(13)2)19-22-18(23)27-12(3)16-20-21-17(25-16)14-6-5-10-26-14/h4-7,9-10,12H,1,8H2,2-3H3/t12-/m1/s1. The van der Waals surface area contributed by atoms with E-state index in [1.54, 1.807) is 17.6 Å². The topological polar surface area (TPSA) is 82.8 Å². The van der Waals surface area contributed by atoms with Gasteiger partial charge in [-0.2, -0.15) is 0 Å². The third kappa shape index (κ3) is 3.47. The number of rotatable bonds is 7. The van der Waals surface area contributed by atoms with Crippen molar-refractivity contribution in [2.24, 2.45) is 0 Å². The van der Waals surface area contributed by atoms with E-state index in [-0.39, 0.29) is 5.25 Å². The summed E-state index contributed by atoms with van der Waals surface area (Å²) in [4.78, 5) is 0.957. The first-order valence-corrected chi connectivity index (χ1v) is 10.1.